The molecule has 0 aliphatic heterocycles. The fourth-order valence-electron chi connectivity index (χ4n) is 6.88. The lowest BCUT2D eigenvalue weighted by molar-refractivity contribution is -0.166. The molecule has 0 fully saturated rings. The maximum atomic E-state index is 12.8. The molecule has 0 amide bonds. The minimum Gasteiger partial charge on any atom is -0.462 e. The molecular weight excluding hydrogens is 877 g/mol. The zero-order chi connectivity index (χ0) is 51.4. The van der Waals surface area contributed by atoms with Crippen molar-refractivity contribution in [2.24, 2.45) is 0 Å². The maximum absolute atomic E-state index is 12.8. The predicted octanol–water partition coefficient (Wildman–Crippen LogP) is 19.0. The smallest absolute Gasteiger partial charge is 0.306 e. The highest BCUT2D eigenvalue weighted by molar-refractivity contribution is 5.71. The van der Waals surface area contributed by atoms with Crippen LogP contribution in [0.15, 0.2) is 158 Å². The van der Waals surface area contributed by atoms with Crippen LogP contribution in [-0.4, -0.2) is 37.2 Å². The Balaban J connectivity index is 4.63. The predicted molar refractivity (Wildman–Crippen MR) is 306 cm³/mol. The molecule has 396 valence electrons. The molecule has 0 radical (unpaired) electrons. The first-order chi connectivity index (χ1) is 35.0. The van der Waals surface area contributed by atoms with E-state index in [1.165, 1.54) is 25.7 Å². The summed E-state index contributed by atoms with van der Waals surface area (Å²) in [6.07, 6.45) is 83.8. The quantitative estimate of drug-likeness (QED) is 0.0262. The highest BCUT2D eigenvalue weighted by atomic mass is 16.6. The Morgan fingerprint density at radius 1 is 0.296 bits per heavy atom. The lowest BCUT2D eigenvalue weighted by Crippen LogP contribution is -2.30. The Morgan fingerprint density at radius 2 is 0.577 bits per heavy atom. The third-order valence-corrected chi connectivity index (χ3v) is 11.0. The maximum Gasteiger partial charge on any atom is 0.306 e. The van der Waals surface area contributed by atoms with Crippen molar-refractivity contribution in [1.29, 1.82) is 0 Å². The first kappa shape index (κ1) is 66.0. The van der Waals surface area contributed by atoms with Crippen LogP contribution in [0.5, 0.6) is 0 Å². The van der Waals surface area contributed by atoms with Crippen LogP contribution in [0.3, 0.4) is 0 Å². The van der Waals surface area contributed by atoms with Crippen molar-refractivity contribution in [3.05, 3.63) is 158 Å². The van der Waals surface area contributed by atoms with Gasteiger partial charge in [0.05, 0.1) is 0 Å². The van der Waals surface area contributed by atoms with Crippen LogP contribution < -0.4 is 0 Å². The summed E-state index contributed by atoms with van der Waals surface area (Å²) in [4.78, 5) is 38.1. The van der Waals surface area contributed by atoms with Crippen LogP contribution in [0, 0.1) is 0 Å². The van der Waals surface area contributed by atoms with Crippen LogP contribution in [0.4, 0.5) is 0 Å². The van der Waals surface area contributed by atoms with E-state index >= 15 is 0 Å². The van der Waals surface area contributed by atoms with Gasteiger partial charge in [-0.15, -0.1) is 0 Å². The molecule has 1 atom stereocenters. The molecule has 0 N–H and O–H groups in total. The molecule has 0 aromatic rings. The van der Waals surface area contributed by atoms with Crippen molar-refractivity contribution in [3.8, 4) is 0 Å². The third-order valence-electron chi connectivity index (χ3n) is 11.0. The molecule has 0 unspecified atom stereocenters. The largest absolute Gasteiger partial charge is 0.462 e. The molecule has 0 saturated carbocycles. The van der Waals surface area contributed by atoms with Gasteiger partial charge >= 0.3 is 17.9 Å². The van der Waals surface area contributed by atoms with Gasteiger partial charge in [-0.1, -0.05) is 217 Å². The van der Waals surface area contributed by atoms with E-state index in [0.29, 0.717) is 19.3 Å². The molecule has 6 heteroatoms. The second kappa shape index (κ2) is 57.6. The number of allylic oxidation sites excluding steroid dienone is 26. The molecule has 0 aliphatic carbocycles. The molecule has 6 nitrogen and oxygen atoms in total. The number of hydrogen-bond acceptors (Lipinski definition) is 6. The average molecular weight is 978 g/mol. The second-order valence-corrected chi connectivity index (χ2v) is 17.7. The lowest BCUT2D eigenvalue weighted by atomic mass is 10.1. The Morgan fingerprint density at radius 3 is 0.958 bits per heavy atom. The monoisotopic (exact) mass is 977 g/mol. The van der Waals surface area contributed by atoms with Gasteiger partial charge < -0.3 is 14.2 Å². The second-order valence-electron chi connectivity index (χ2n) is 17.7. The van der Waals surface area contributed by atoms with Gasteiger partial charge in [0.1, 0.15) is 13.2 Å². The van der Waals surface area contributed by atoms with Gasteiger partial charge in [-0.2, -0.15) is 0 Å². The minimum absolute atomic E-state index is 0.131. The first-order valence-corrected chi connectivity index (χ1v) is 28.0. The Kier molecular flexibility index (Phi) is 53.6. The van der Waals surface area contributed by atoms with Crippen LogP contribution in [-0.2, 0) is 28.6 Å². The van der Waals surface area contributed by atoms with Crippen molar-refractivity contribution >= 4 is 17.9 Å². The van der Waals surface area contributed by atoms with Crippen LogP contribution in [0.25, 0.3) is 0 Å². The summed E-state index contributed by atoms with van der Waals surface area (Å²) >= 11 is 0. The van der Waals surface area contributed by atoms with E-state index in [9.17, 15) is 14.4 Å². The van der Waals surface area contributed by atoms with Crippen molar-refractivity contribution in [2.45, 2.75) is 219 Å². The standard InChI is InChI=1S/C65H100O6/c1-4-7-10-13-16-19-22-25-28-30-32-34-37-40-43-46-49-52-55-58-64(67)70-61-62(60-69-63(66)57-54-51-48-45-42-39-36-27-24-21-18-15-12-9-6-3)71-65(68)59-56-53-50-47-44-41-38-35-33-31-29-26-23-20-17-14-11-8-5-2/h7,9-10,12,16-21,25-29,32-36,40-41,43-44,49,52,62H,4-6,8,11,13-15,22-24,30-31,37-39,42,45-48,50-51,53-61H2,1-3H3/b10-7+,12-9+,19-16+,20-17+,21-18+,28-25+,29-26+,34-32+,35-33+,36-27+,43-40+,44-41+,52-49+/t62-/m1/s1. The van der Waals surface area contributed by atoms with Crippen LogP contribution >= 0.6 is 0 Å². The van der Waals surface area contributed by atoms with Crippen molar-refractivity contribution in [3.63, 3.8) is 0 Å². The van der Waals surface area contributed by atoms with Gasteiger partial charge in [-0.25, -0.2) is 0 Å². The summed E-state index contributed by atoms with van der Waals surface area (Å²) < 4.78 is 16.7. The zero-order valence-electron chi connectivity index (χ0n) is 45.2. The van der Waals surface area contributed by atoms with E-state index in [1.807, 2.05) is 12.2 Å². The van der Waals surface area contributed by atoms with Gasteiger partial charge in [0, 0.05) is 19.3 Å². The normalized spacial score (nSPS) is 13.3. The van der Waals surface area contributed by atoms with Gasteiger partial charge in [-0.05, 0) is 135 Å². The number of ether oxygens (including phenoxy) is 3. The lowest BCUT2D eigenvalue weighted by Gasteiger charge is -2.18. The van der Waals surface area contributed by atoms with Crippen molar-refractivity contribution < 1.29 is 28.6 Å². The van der Waals surface area contributed by atoms with E-state index in [1.54, 1.807) is 0 Å². The van der Waals surface area contributed by atoms with E-state index < -0.39 is 6.10 Å². The topological polar surface area (TPSA) is 78.9 Å². The van der Waals surface area contributed by atoms with E-state index in [-0.39, 0.29) is 44.0 Å². The summed E-state index contributed by atoms with van der Waals surface area (Å²) in [5.41, 5.74) is 0. The van der Waals surface area contributed by atoms with Gasteiger partial charge in [0.2, 0.25) is 0 Å². The van der Waals surface area contributed by atoms with Crippen LogP contribution in [0.2, 0.25) is 0 Å². The summed E-state index contributed by atoms with van der Waals surface area (Å²) in [5, 5.41) is 0. The van der Waals surface area contributed by atoms with Crippen molar-refractivity contribution in [2.75, 3.05) is 13.2 Å². The molecule has 0 rings (SSSR count). The number of hydrogen-bond donors (Lipinski definition) is 0. The fourth-order valence-corrected chi connectivity index (χ4v) is 6.88. The summed E-state index contributed by atoms with van der Waals surface area (Å²) in [7, 11) is 0. The van der Waals surface area contributed by atoms with Gasteiger partial charge in [-0.3, -0.25) is 14.4 Å². The van der Waals surface area contributed by atoms with Crippen LogP contribution in [0.1, 0.15) is 213 Å². The summed E-state index contributed by atoms with van der Waals surface area (Å²) in [6, 6.07) is 0. The average Bonchev–Trinajstić information content (AvgIpc) is 3.37. The Labute approximate surface area is 435 Å². The molecule has 0 aromatic heterocycles. The Bertz CT molecular complexity index is 1640. The molecule has 0 bridgehead atoms. The van der Waals surface area contributed by atoms with E-state index in [2.05, 4.69) is 167 Å². The molecule has 0 heterocycles. The van der Waals surface area contributed by atoms with E-state index in [4.69, 9.17) is 14.2 Å². The van der Waals surface area contributed by atoms with Gasteiger partial charge in [0.25, 0.3) is 0 Å². The van der Waals surface area contributed by atoms with E-state index in [0.717, 1.165) is 135 Å². The molecule has 0 aromatic carbocycles. The molecule has 71 heavy (non-hydrogen) atoms. The van der Waals surface area contributed by atoms with Crippen molar-refractivity contribution in [1.82, 2.24) is 0 Å². The minimum atomic E-state index is -0.841. The molecule has 0 spiro atoms. The number of carbonyl (C=O) groups excluding carboxylic acids is 3. The fraction of sp³-hybridized carbons (Fsp3) is 0.554. The Hall–Kier alpha value is -4.97. The molecular formula is C65H100O6. The SMILES string of the molecule is CC/C=C/C/C=C/C/C=C/C/C=C/C/C=C/C/C=C/CCC(=O)OC[C@@H](COC(=O)CCCCCCC/C=C/C/C=C/C/C=C/CC)OC(=O)CCCCC/C=C/C/C=C/C/C=C/C/C=C/CCCCC. The zero-order valence-corrected chi connectivity index (χ0v) is 45.2. The highest BCUT2D eigenvalue weighted by Crippen LogP contribution is 2.11. The number of esters is 3. The number of carbonyl (C=O) groups is 3. The summed E-state index contributed by atoms with van der Waals surface area (Å²) in [6.45, 7) is 6.26. The number of rotatable bonds is 48. The number of unbranched alkanes of at least 4 members (excludes halogenated alkanes) is 11. The summed E-state index contributed by atoms with van der Waals surface area (Å²) in [5.74, 6) is -1.08. The molecule has 0 aliphatic rings. The third kappa shape index (κ3) is 55.8. The van der Waals surface area contributed by atoms with Gasteiger partial charge in [0.15, 0.2) is 6.10 Å². The highest BCUT2D eigenvalue weighted by Gasteiger charge is 2.19. The first-order valence-electron chi connectivity index (χ1n) is 28.0. The molecule has 0 saturated heterocycles.